The summed E-state index contributed by atoms with van der Waals surface area (Å²) in [5, 5.41) is 10.3. The molecular formula is C27H20IrNO3-. The first-order valence-corrected chi connectivity index (χ1v) is 9.88. The average molecular weight is 599 g/mol. The molecule has 1 radical (unpaired) electrons. The van der Waals surface area contributed by atoms with Gasteiger partial charge in [0, 0.05) is 43.5 Å². The summed E-state index contributed by atoms with van der Waals surface area (Å²) in [6, 6.07) is 24.8. The summed E-state index contributed by atoms with van der Waals surface area (Å²) in [6.45, 7) is 2.85. The SMILES string of the molecule is CC(=O)/C=C(/C)O.O=C1c2ccccc2-c2ccc3c(-c4[c-]cccc4)nccc3c21.[Ir]. The number of allylic oxidation sites excluding steroid dienone is 2. The number of carbonyl (C=O) groups is 2. The number of hydrogen-bond acceptors (Lipinski definition) is 4. The topological polar surface area (TPSA) is 67.3 Å². The van der Waals surface area contributed by atoms with Crippen LogP contribution in [0.3, 0.4) is 0 Å². The number of carbonyl (C=O) groups excluding carboxylic acids is 2. The Labute approximate surface area is 200 Å². The monoisotopic (exact) mass is 599 g/mol. The molecule has 0 spiro atoms. The van der Waals surface area contributed by atoms with Crippen LogP contribution >= 0.6 is 0 Å². The van der Waals surface area contributed by atoms with Gasteiger partial charge in [-0.3, -0.25) is 9.59 Å². The van der Waals surface area contributed by atoms with Crippen LogP contribution in [-0.4, -0.2) is 21.7 Å². The Balaban J connectivity index is 0.000000318. The third-order valence-corrected chi connectivity index (χ3v) is 5.01. The Morgan fingerprint density at radius 3 is 2.25 bits per heavy atom. The molecular weight excluding hydrogens is 579 g/mol. The van der Waals surface area contributed by atoms with Gasteiger partial charge in [-0.05, 0) is 47.5 Å². The van der Waals surface area contributed by atoms with Crippen LogP contribution < -0.4 is 0 Å². The Kier molecular flexibility index (Phi) is 7.14. The zero-order valence-corrected chi connectivity index (χ0v) is 19.9. The molecule has 1 aromatic heterocycles. The molecule has 161 valence electrons. The molecule has 3 aromatic carbocycles. The third kappa shape index (κ3) is 4.45. The summed E-state index contributed by atoms with van der Waals surface area (Å²) in [5.41, 5.74) is 5.39. The van der Waals surface area contributed by atoms with E-state index in [1.165, 1.54) is 19.9 Å². The van der Waals surface area contributed by atoms with Gasteiger partial charge in [0.25, 0.3) is 0 Å². The molecule has 1 aliphatic rings. The van der Waals surface area contributed by atoms with Crippen LogP contribution in [0.2, 0.25) is 0 Å². The molecule has 0 unspecified atom stereocenters. The van der Waals surface area contributed by atoms with Gasteiger partial charge in [-0.15, -0.1) is 35.9 Å². The van der Waals surface area contributed by atoms with Crippen molar-refractivity contribution in [2.24, 2.45) is 0 Å². The van der Waals surface area contributed by atoms with Gasteiger partial charge in [0.05, 0.1) is 5.76 Å². The predicted molar refractivity (Wildman–Crippen MR) is 122 cm³/mol. The van der Waals surface area contributed by atoms with Crippen LogP contribution in [0.1, 0.15) is 29.8 Å². The van der Waals surface area contributed by atoms with Gasteiger partial charge in [-0.25, -0.2) is 0 Å². The quantitative estimate of drug-likeness (QED) is 0.155. The van der Waals surface area contributed by atoms with Gasteiger partial charge in [0.2, 0.25) is 0 Å². The molecule has 1 heterocycles. The minimum absolute atomic E-state index is 0. The molecule has 0 aliphatic heterocycles. The van der Waals surface area contributed by atoms with Crippen molar-refractivity contribution in [3.63, 3.8) is 0 Å². The summed E-state index contributed by atoms with van der Waals surface area (Å²) in [5.74, 6) is 0.0351. The Bertz CT molecular complexity index is 1340. The summed E-state index contributed by atoms with van der Waals surface area (Å²) in [7, 11) is 0. The molecule has 0 atom stereocenters. The average Bonchev–Trinajstić information content (AvgIpc) is 3.06. The number of aliphatic hydroxyl groups is 1. The van der Waals surface area contributed by atoms with Crippen LogP contribution in [0.4, 0.5) is 0 Å². The van der Waals surface area contributed by atoms with Crippen molar-refractivity contribution in [2.75, 3.05) is 0 Å². The van der Waals surface area contributed by atoms with Gasteiger partial charge >= 0.3 is 0 Å². The van der Waals surface area contributed by atoms with Crippen LogP contribution in [0.5, 0.6) is 0 Å². The van der Waals surface area contributed by atoms with Gasteiger partial charge in [0.15, 0.2) is 11.6 Å². The second-order valence-electron chi connectivity index (χ2n) is 7.29. The molecule has 5 heteroatoms. The van der Waals surface area contributed by atoms with Crippen molar-refractivity contribution in [3.8, 4) is 22.4 Å². The summed E-state index contributed by atoms with van der Waals surface area (Å²) in [6.07, 6.45) is 2.94. The molecule has 1 N–H and O–H groups in total. The maximum Gasteiger partial charge on any atom is 0.194 e. The van der Waals surface area contributed by atoms with E-state index in [2.05, 4.69) is 17.1 Å². The van der Waals surface area contributed by atoms with Gasteiger partial charge in [-0.1, -0.05) is 36.4 Å². The number of benzene rings is 3. The molecule has 4 nitrogen and oxygen atoms in total. The van der Waals surface area contributed by atoms with Crippen molar-refractivity contribution in [2.45, 2.75) is 13.8 Å². The van der Waals surface area contributed by atoms with Crippen LogP contribution in [0, 0.1) is 6.07 Å². The number of ketones is 2. The van der Waals surface area contributed by atoms with Crippen molar-refractivity contribution < 1.29 is 34.8 Å². The number of aromatic nitrogens is 1. The van der Waals surface area contributed by atoms with E-state index in [-0.39, 0.29) is 37.4 Å². The largest absolute Gasteiger partial charge is 0.512 e. The summed E-state index contributed by atoms with van der Waals surface area (Å²) < 4.78 is 0. The maximum atomic E-state index is 12.9. The van der Waals surface area contributed by atoms with Crippen LogP contribution in [-0.2, 0) is 24.9 Å². The minimum atomic E-state index is -0.125. The van der Waals surface area contributed by atoms with E-state index >= 15 is 0 Å². The molecule has 0 amide bonds. The first kappa shape index (κ1) is 23.3. The fraction of sp³-hybridized carbons (Fsp3) is 0.0741. The first-order chi connectivity index (χ1) is 15.0. The van der Waals surface area contributed by atoms with Crippen molar-refractivity contribution in [1.82, 2.24) is 4.98 Å². The van der Waals surface area contributed by atoms with Crippen molar-refractivity contribution in [3.05, 3.63) is 102 Å². The van der Waals surface area contributed by atoms with E-state index in [1.54, 1.807) is 6.20 Å². The summed E-state index contributed by atoms with van der Waals surface area (Å²) >= 11 is 0. The van der Waals surface area contributed by atoms with E-state index < -0.39 is 0 Å². The first-order valence-electron chi connectivity index (χ1n) is 9.88. The molecule has 0 saturated heterocycles. The number of aliphatic hydroxyl groups excluding tert-OH is 1. The van der Waals surface area contributed by atoms with E-state index in [1.807, 2.05) is 60.7 Å². The van der Waals surface area contributed by atoms with Gasteiger partial charge in [0.1, 0.15) is 0 Å². The van der Waals surface area contributed by atoms with E-state index in [0.717, 1.165) is 44.3 Å². The van der Waals surface area contributed by atoms with Crippen LogP contribution in [0.15, 0.2) is 84.8 Å². The zero-order chi connectivity index (χ0) is 22.0. The van der Waals surface area contributed by atoms with Crippen molar-refractivity contribution >= 4 is 22.3 Å². The molecule has 0 saturated carbocycles. The zero-order valence-electron chi connectivity index (χ0n) is 17.5. The molecule has 0 bridgehead atoms. The number of fused-ring (bicyclic) bond motifs is 5. The fourth-order valence-corrected chi connectivity index (χ4v) is 3.82. The Morgan fingerprint density at radius 1 is 0.906 bits per heavy atom. The minimum Gasteiger partial charge on any atom is -0.512 e. The van der Waals surface area contributed by atoms with E-state index in [4.69, 9.17) is 5.11 Å². The van der Waals surface area contributed by atoms with E-state index in [9.17, 15) is 9.59 Å². The van der Waals surface area contributed by atoms with Gasteiger partial charge in [-0.2, -0.15) is 0 Å². The van der Waals surface area contributed by atoms with Crippen LogP contribution in [0.25, 0.3) is 33.2 Å². The normalized spacial score (nSPS) is 11.7. The summed E-state index contributed by atoms with van der Waals surface area (Å²) in [4.78, 5) is 27.5. The van der Waals surface area contributed by atoms with Gasteiger partial charge < -0.3 is 10.1 Å². The standard InChI is InChI=1S/C22H12NO.C5H8O2.Ir/c24-22-19-9-5-4-8-15(19)16-10-11-18-17(20(16)22)12-13-23-21(18)14-6-2-1-3-7-14;1-4(6)3-5(2)7;/h1-6,8-13H;3,6H,1-2H3;/q-1;;/b;4-3-;. The smallest absolute Gasteiger partial charge is 0.194 e. The Morgan fingerprint density at radius 2 is 1.62 bits per heavy atom. The maximum absolute atomic E-state index is 12.9. The van der Waals surface area contributed by atoms with Crippen molar-refractivity contribution in [1.29, 1.82) is 0 Å². The molecule has 1 aliphatic carbocycles. The molecule has 0 fully saturated rings. The number of hydrogen-bond donors (Lipinski definition) is 1. The Hall–Kier alpha value is -3.40. The second kappa shape index (κ2) is 9.82. The third-order valence-electron chi connectivity index (χ3n) is 5.01. The number of rotatable bonds is 2. The number of pyridine rings is 1. The van der Waals surface area contributed by atoms with E-state index in [0.29, 0.717) is 0 Å². The predicted octanol–water partition coefficient (Wildman–Crippen LogP) is 5.95. The fourth-order valence-electron chi connectivity index (χ4n) is 3.82. The molecule has 4 aromatic rings. The molecule has 5 rings (SSSR count). The second-order valence-corrected chi connectivity index (χ2v) is 7.29. The number of nitrogens with zero attached hydrogens (tertiary/aromatic N) is 1. The molecule has 32 heavy (non-hydrogen) atoms.